The Morgan fingerprint density at radius 2 is 1.22 bits per heavy atom. The van der Waals surface area contributed by atoms with Crippen LogP contribution in [0, 0.1) is 24.0 Å². The number of amidine groups is 1. The first kappa shape index (κ1) is 77.9. The van der Waals surface area contributed by atoms with Crippen molar-refractivity contribution in [3.8, 4) is 28.2 Å². The molecule has 552 valence electrons. The summed E-state index contributed by atoms with van der Waals surface area (Å²) in [6, 6.07) is 17.3. The maximum absolute atomic E-state index is 14.6. The second-order valence-electron chi connectivity index (χ2n) is 28.1. The molecule has 0 bridgehead atoms. The number of nitrogens with zero attached hydrogens (tertiary/aromatic N) is 16. The normalized spacial score (nSPS) is 16.3. The van der Waals surface area contributed by atoms with Gasteiger partial charge in [-0.05, 0) is 112 Å². The van der Waals surface area contributed by atoms with Crippen LogP contribution in [0.5, 0.6) is 0 Å². The van der Waals surface area contributed by atoms with Crippen molar-refractivity contribution >= 4 is 115 Å². The van der Waals surface area contributed by atoms with Crippen molar-refractivity contribution in [1.82, 2.24) is 58.6 Å². The summed E-state index contributed by atoms with van der Waals surface area (Å²) in [4.78, 5) is 109. The van der Waals surface area contributed by atoms with Gasteiger partial charge < -0.3 is 44.8 Å². The molecule has 0 saturated carbocycles. The number of aryl methyl sites for hydroxylation is 1. The SMILES string of the molecule is C=CC(=O)N1CC(C)N(c2nc(=O)n(-c3c(C)ccnc3C(C)C)c3nc(-c4cccc(F)c4N)c(Cl)cc23)CC1C.C=CC(=O)N1CCN(C2=NC(=C)N(CC(C)(C)C)c3nc(Cl)c(Cl)cc32)CC1.C=CC(=O)N1CCN(c2nc(=O)n(CC(C)(C)OC)c3nc(-c4ccccc4F)c(Cl)cc23)CC1. The molecule has 29 heteroatoms. The van der Waals surface area contributed by atoms with E-state index in [4.69, 9.17) is 66.9 Å². The molecule has 0 radical (unpaired) electrons. The number of fused-ring (bicyclic) bond motifs is 3. The van der Waals surface area contributed by atoms with Gasteiger partial charge in [-0.1, -0.05) is 132 Å². The van der Waals surface area contributed by atoms with Gasteiger partial charge in [0.05, 0.1) is 72.0 Å². The number of pyridine rings is 4. The van der Waals surface area contributed by atoms with E-state index in [1.165, 1.54) is 45.6 Å². The summed E-state index contributed by atoms with van der Waals surface area (Å²) in [5.74, 6) is 1.50. The number of hydrogen-bond acceptors (Lipinski definition) is 18. The summed E-state index contributed by atoms with van der Waals surface area (Å²) in [5.41, 5.74) is 8.85. The third-order valence-corrected chi connectivity index (χ3v) is 19.8. The Morgan fingerprint density at radius 3 is 1.81 bits per heavy atom. The Labute approximate surface area is 628 Å². The number of anilines is 4. The number of hydrogen-bond donors (Lipinski definition) is 1. The first-order valence-electron chi connectivity index (χ1n) is 34.2. The molecule has 12 rings (SSSR count). The summed E-state index contributed by atoms with van der Waals surface area (Å²) in [6.07, 6.45) is 5.65. The lowest BCUT2D eigenvalue weighted by atomic mass is 9.95. The average Bonchev–Trinajstić information content (AvgIpc) is 0.747. The third-order valence-electron chi connectivity index (χ3n) is 18.6. The lowest BCUT2D eigenvalue weighted by Crippen LogP contribution is -2.58. The van der Waals surface area contributed by atoms with E-state index in [-0.39, 0.29) is 91.2 Å². The van der Waals surface area contributed by atoms with Gasteiger partial charge in [0.2, 0.25) is 17.7 Å². The second-order valence-corrected chi connectivity index (χ2v) is 29.7. The van der Waals surface area contributed by atoms with Gasteiger partial charge in [0, 0.05) is 109 Å². The Balaban J connectivity index is 0.000000172. The van der Waals surface area contributed by atoms with Gasteiger partial charge in [-0.2, -0.15) is 9.97 Å². The summed E-state index contributed by atoms with van der Waals surface area (Å²) < 4.78 is 37.5. The van der Waals surface area contributed by atoms with Gasteiger partial charge in [-0.15, -0.1) is 0 Å². The molecule has 105 heavy (non-hydrogen) atoms. The molecule has 0 aliphatic carbocycles. The van der Waals surface area contributed by atoms with E-state index < -0.39 is 28.6 Å². The zero-order chi connectivity index (χ0) is 76.4. The number of carbonyl (C=O) groups excluding carboxylic acids is 3. The largest absolute Gasteiger partial charge is 0.396 e. The van der Waals surface area contributed by atoms with Crippen LogP contribution in [-0.4, -0.2) is 179 Å². The zero-order valence-electron chi connectivity index (χ0n) is 60.7. The minimum atomic E-state index is -0.684. The minimum absolute atomic E-state index is 0.0106. The predicted octanol–water partition coefficient (Wildman–Crippen LogP) is 12.6. The number of carbonyl (C=O) groups is 3. The Morgan fingerprint density at radius 1 is 0.657 bits per heavy atom. The number of aromatic nitrogens is 8. The molecular formula is C76H85Cl4F2N17O6. The van der Waals surface area contributed by atoms with Crippen LogP contribution in [-0.2, 0) is 25.7 Å². The van der Waals surface area contributed by atoms with Gasteiger partial charge in [0.25, 0.3) is 0 Å². The fourth-order valence-corrected chi connectivity index (χ4v) is 13.8. The van der Waals surface area contributed by atoms with E-state index in [1.807, 2.05) is 75.3 Å². The first-order valence-corrected chi connectivity index (χ1v) is 35.7. The van der Waals surface area contributed by atoms with Gasteiger partial charge >= 0.3 is 11.4 Å². The molecule has 10 heterocycles. The molecule has 4 aliphatic rings. The molecule has 3 fully saturated rings. The maximum atomic E-state index is 14.6. The highest BCUT2D eigenvalue weighted by atomic mass is 35.5. The predicted molar refractivity (Wildman–Crippen MR) is 414 cm³/mol. The van der Waals surface area contributed by atoms with Gasteiger partial charge in [0.1, 0.15) is 51.5 Å². The molecule has 4 aliphatic heterocycles. The number of rotatable bonds is 13. The molecule has 3 saturated heterocycles. The average molecular weight is 1510 g/mol. The van der Waals surface area contributed by atoms with Crippen molar-refractivity contribution < 1.29 is 27.9 Å². The van der Waals surface area contributed by atoms with E-state index in [9.17, 15) is 32.8 Å². The van der Waals surface area contributed by atoms with Gasteiger partial charge in [0.15, 0.2) is 5.65 Å². The van der Waals surface area contributed by atoms with Crippen molar-refractivity contribution in [2.24, 2.45) is 10.4 Å². The van der Waals surface area contributed by atoms with Crippen molar-refractivity contribution in [3.05, 3.63) is 193 Å². The quantitative estimate of drug-likeness (QED) is 0.0641. The second kappa shape index (κ2) is 32.0. The van der Waals surface area contributed by atoms with Crippen molar-refractivity contribution in [2.75, 3.05) is 99.5 Å². The third kappa shape index (κ3) is 16.6. The summed E-state index contributed by atoms with van der Waals surface area (Å²) in [6.45, 7) is 40.9. The number of para-hydroxylation sites is 1. The van der Waals surface area contributed by atoms with Crippen LogP contribution in [0.1, 0.15) is 85.1 Å². The van der Waals surface area contributed by atoms with E-state index >= 15 is 0 Å². The number of nitrogens with two attached hydrogens (primary N) is 1. The number of halogens is 6. The lowest BCUT2D eigenvalue weighted by molar-refractivity contribution is -0.129. The van der Waals surface area contributed by atoms with Crippen LogP contribution in [0.2, 0.25) is 20.2 Å². The van der Waals surface area contributed by atoms with Crippen LogP contribution in [0.15, 0.2) is 138 Å². The van der Waals surface area contributed by atoms with E-state index in [0.717, 1.165) is 17.0 Å². The molecule has 23 nitrogen and oxygen atoms in total. The Bertz CT molecular complexity index is 4930. The maximum Gasteiger partial charge on any atom is 0.355 e. The van der Waals surface area contributed by atoms with Crippen LogP contribution in [0.3, 0.4) is 0 Å². The van der Waals surface area contributed by atoms with Crippen LogP contribution >= 0.6 is 46.4 Å². The van der Waals surface area contributed by atoms with Crippen LogP contribution in [0.25, 0.3) is 50.3 Å². The van der Waals surface area contributed by atoms with E-state index in [0.29, 0.717) is 134 Å². The number of methoxy groups -OCH3 is 1. The van der Waals surface area contributed by atoms with Crippen LogP contribution in [0.4, 0.5) is 31.9 Å². The van der Waals surface area contributed by atoms with Gasteiger partial charge in [-0.25, -0.2) is 42.9 Å². The van der Waals surface area contributed by atoms with Crippen molar-refractivity contribution in [2.45, 2.75) is 99.4 Å². The fourth-order valence-electron chi connectivity index (χ4n) is 13.0. The van der Waals surface area contributed by atoms with E-state index in [2.05, 4.69) is 76.9 Å². The Kier molecular flexibility index (Phi) is 23.7. The first-order chi connectivity index (χ1) is 49.7. The molecule has 2 unspecified atom stereocenters. The Hall–Kier alpha value is -9.66. The van der Waals surface area contributed by atoms with E-state index in [1.54, 1.807) is 64.4 Å². The molecule has 8 aromatic rings. The summed E-state index contributed by atoms with van der Waals surface area (Å²) in [5, 5.41) is 2.19. The molecule has 3 amide bonds. The lowest BCUT2D eigenvalue weighted by Gasteiger charge is -2.44. The number of benzene rings is 2. The van der Waals surface area contributed by atoms with Gasteiger partial charge in [-0.3, -0.25) is 23.9 Å². The summed E-state index contributed by atoms with van der Waals surface area (Å²) in [7, 11) is 1.56. The number of ether oxygens (including phenoxy) is 1. The highest BCUT2D eigenvalue weighted by Gasteiger charge is 2.37. The summed E-state index contributed by atoms with van der Waals surface area (Å²) >= 11 is 25.9. The highest BCUT2D eigenvalue weighted by Crippen LogP contribution is 2.41. The number of amides is 3. The molecule has 2 N–H and O–H groups in total. The van der Waals surface area contributed by atoms with Crippen molar-refractivity contribution in [1.29, 1.82) is 0 Å². The molecule has 2 atom stereocenters. The molecule has 6 aromatic heterocycles. The zero-order valence-corrected chi connectivity index (χ0v) is 63.7. The van der Waals surface area contributed by atoms with Crippen LogP contribution < -0.4 is 31.8 Å². The number of nitrogen functional groups attached to an aromatic ring is 1. The standard InChI is InChI=1S/C31H33ClFN7O2.C25H27ClFN5O3.C20H25Cl2N5O/c1-7-24(41)38-14-19(6)39(15-18(38)5)29-21-13-22(32)27(20-9-8-10-23(33)25(20)34)36-30(21)40(31(42)37-29)28-17(4)11-12-35-26(28)16(2)3;1-5-20(33)30-10-12-31(13-11-30)22-17-14-18(26)21(16-8-6-7-9-19(16)27)28-23(17)32(24(34)29-22)15-25(2,3)35-4;1-6-16(28)25-7-9-26(10-8-25)18-14-11-15(21)17(22)24-19(14)27(13(2)23-18)12-20(3,4)5/h7-13,16,18-19H,1,14-15,34H2,2-6H3;5-9,14H,1,10-13,15H2,2-4H3;6,11H,1-2,7-10,12H2,3-5H3. The van der Waals surface area contributed by atoms with Crippen molar-refractivity contribution in [3.63, 3.8) is 0 Å². The number of piperazine rings is 3. The monoisotopic (exact) mass is 1510 g/mol. The number of aliphatic imine (C=N–C) groups is 1. The highest BCUT2D eigenvalue weighted by molar-refractivity contribution is 6.41. The fraction of sp³-hybridized carbons (Fsp3) is 0.368. The molecule has 0 spiro atoms. The minimum Gasteiger partial charge on any atom is -0.396 e. The molecule has 2 aromatic carbocycles. The smallest absolute Gasteiger partial charge is 0.355 e. The topological polar surface area (TPSA) is 243 Å². The molecular weight excluding hydrogens is 1430 g/mol.